The van der Waals surface area contributed by atoms with Crippen LogP contribution in [0.2, 0.25) is 0 Å². The predicted octanol–water partition coefficient (Wildman–Crippen LogP) is 2.04. The van der Waals surface area contributed by atoms with Gasteiger partial charge in [0, 0.05) is 25.1 Å². The van der Waals surface area contributed by atoms with Gasteiger partial charge in [0.15, 0.2) is 11.5 Å². The van der Waals surface area contributed by atoms with Gasteiger partial charge >= 0.3 is 5.97 Å². The number of piperidine rings is 1. The second kappa shape index (κ2) is 11.1. The minimum absolute atomic E-state index is 0.107. The first kappa shape index (κ1) is 25.2. The molecule has 0 aliphatic carbocycles. The van der Waals surface area contributed by atoms with E-state index in [-0.39, 0.29) is 29.8 Å². The van der Waals surface area contributed by atoms with E-state index in [1.54, 1.807) is 30.3 Å². The van der Waals surface area contributed by atoms with Crippen LogP contribution in [-0.2, 0) is 19.6 Å². The Balaban J connectivity index is 1.55. The lowest BCUT2D eigenvalue weighted by Gasteiger charge is -2.30. The van der Waals surface area contributed by atoms with Gasteiger partial charge in [0.05, 0.1) is 38.0 Å². The molecule has 1 fully saturated rings. The number of rotatable bonds is 8. The zero-order chi connectivity index (χ0) is 24.7. The highest BCUT2D eigenvalue weighted by molar-refractivity contribution is 7.89. The number of hydrazone groups is 1. The largest absolute Gasteiger partial charge is 0.493 e. The van der Waals surface area contributed by atoms with Gasteiger partial charge in [-0.2, -0.15) is 9.41 Å². The molecule has 10 nitrogen and oxygen atoms in total. The Bertz CT molecular complexity index is 1160. The molecule has 1 amide bonds. The number of sulfonamides is 1. The lowest BCUT2D eigenvalue weighted by molar-refractivity contribution is -0.126. The van der Waals surface area contributed by atoms with Crippen molar-refractivity contribution in [2.24, 2.45) is 11.0 Å². The van der Waals surface area contributed by atoms with Crippen molar-refractivity contribution >= 4 is 28.1 Å². The van der Waals surface area contributed by atoms with Crippen molar-refractivity contribution in [3.63, 3.8) is 0 Å². The number of ether oxygens (including phenoxy) is 3. The molecule has 2 aromatic rings. The number of nitrogens with one attached hydrogen (secondary N) is 1. The summed E-state index contributed by atoms with van der Waals surface area (Å²) < 4.78 is 42.4. The molecular formula is C23H27N3O7S. The average molecular weight is 490 g/mol. The topological polar surface area (TPSA) is 124 Å². The van der Waals surface area contributed by atoms with Crippen LogP contribution in [-0.4, -0.2) is 65.2 Å². The molecule has 2 aromatic carbocycles. The van der Waals surface area contributed by atoms with Gasteiger partial charge in [-0.05, 0) is 42.7 Å². The Kier molecular flexibility index (Phi) is 8.24. The van der Waals surface area contributed by atoms with Crippen LogP contribution >= 0.6 is 0 Å². The maximum absolute atomic E-state index is 13.0. The van der Waals surface area contributed by atoms with Crippen molar-refractivity contribution in [2.75, 3.05) is 34.4 Å². The molecule has 11 heteroatoms. The van der Waals surface area contributed by atoms with Crippen molar-refractivity contribution in [1.82, 2.24) is 9.73 Å². The molecule has 182 valence electrons. The van der Waals surface area contributed by atoms with Gasteiger partial charge in [0.1, 0.15) is 0 Å². The number of benzene rings is 2. The van der Waals surface area contributed by atoms with E-state index in [4.69, 9.17) is 9.47 Å². The summed E-state index contributed by atoms with van der Waals surface area (Å²) in [5.41, 5.74) is 3.62. The van der Waals surface area contributed by atoms with E-state index >= 15 is 0 Å². The highest BCUT2D eigenvalue weighted by atomic mass is 32.2. The smallest absolute Gasteiger partial charge is 0.337 e. The Morgan fingerprint density at radius 3 is 2.24 bits per heavy atom. The van der Waals surface area contributed by atoms with E-state index in [2.05, 4.69) is 15.3 Å². The number of methoxy groups -OCH3 is 3. The van der Waals surface area contributed by atoms with E-state index in [9.17, 15) is 18.0 Å². The number of carbonyl (C=O) groups is 2. The Hall–Kier alpha value is -3.44. The molecule has 0 radical (unpaired) electrons. The third kappa shape index (κ3) is 5.72. The van der Waals surface area contributed by atoms with Crippen molar-refractivity contribution in [3.05, 3.63) is 53.6 Å². The summed E-state index contributed by atoms with van der Waals surface area (Å²) in [6.45, 7) is 0.431. The lowest BCUT2D eigenvalue weighted by atomic mass is 9.98. The van der Waals surface area contributed by atoms with E-state index in [1.165, 1.54) is 44.0 Å². The summed E-state index contributed by atoms with van der Waals surface area (Å²) in [6, 6.07) is 11.0. The third-order valence-electron chi connectivity index (χ3n) is 5.54. The number of hydrogen-bond acceptors (Lipinski definition) is 8. The fourth-order valence-corrected chi connectivity index (χ4v) is 5.05. The maximum atomic E-state index is 13.0. The summed E-state index contributed by atoms with van der Waals surface area (Å²) in [7, 11) is 0.501. The molecule has 1 aliphatic rings. The molecule has 0 aromatic heterocycles. The first-order valence-electron chi connectivity index (χ1n) is 10.5. The standard InChI is InChI=1S/C23H27N3O7S/c1-31-20-9-8-19(14-21(20)32-2)34(29,30)26-12-10-17(11-13-26)22(27)25-24-15-16-4-6-18(7-5-16)23(28)33-3/h4-9,14-15,17H,10-13H2,1-3H3,(H,25,27)/b24-15-. The molecule has 0 atom stereocenters. The fraction of sp³-hybridized carbons (Fsp3) is 0.348. The van der Waals surface area contributed by atoms with Crippen LogP contribution in [0.5, 0.6) is 11.5 Å². The fourth-order valence-electron chi connectivity index (χ4n) is 3.57. The number of esters is 1. The number of amides is 1. The molecule has 1 aliphatic heterocycles. The van der Waals surface area contributed by atoms with E-state index < -0.39 is 16.0 Å². The summed E-state index contributed by atoms with van der Waals surface area (Å²) in [5, 5.41) is 3.96. The van der Waals surface area contributed by atoms with Crippen molar-refractivity contribution in [1.29, 1.82) is 0 Å². The second-order valence-electron chi connectivity index (χ2n) is 7.54. The average Bonchev–Trinajstić information content (AvgIpc) is 2.88. The van der Waals surface area contributed by atoms with E-state index in [0.717, 1.165) is 0 Å². The molecule has 34 heavy (non-hydrogen) atoms. The molecule has 0 saturated carbocycles. The van der Waals surface area contributed by atoms with Gasteiger partial charge in [-0.25, -0.2) is 18.6 Å². The normalized spacial score (nSPS) is 15.1. The van der Waals surface area contributed by atoms with Crippen molar-refractivity contribution < 1.29 is 32.2 Å². The predicted molar refractivity (Wildman–Crippen MR) is 125 cm³/mol. The molecule has 1 N–H and O–H groups in total. The third-order valence-corrected chi connectivity index (χ3v) is 7.43. The Morgan fingerprint density at radius 2 is 1.65 bits per heavy atom. The molecular weight excluding hydrogens is 462 g/mol. The van der Waals surface area contributed by atoms with Crippen LogP contribution in [0.15, 0.2) is 52.5 Å². The zero-order valence-electron chi connectivity index (χ0n) is 19.2. The minimum atomic E-state index is -3.73. The molecule has 1 saturated heterocycles. The second-order valence-corrected chi connectivity index (χ2v) is 9.48. The van der Waals surface area contributed by atoms with Crippen LogP contribution in [0, 0.1) is 5.92 Å². The first-order chi connectivity index (χ1) is 16.3. The highest BCUT2D eigenvalue weighted by Crippen LogP contribution is 2.32. The summed E-state index contributed by atoms with van der Waals surface area (Å²) in [6.07, 6.45) is 2.22. The molecule has 0 unspecified atom stereocenters. The van der Waals surface area contributed by atoms with E-state index in [0.29, 0.717) is 35.5 Å². The molecule has 3 rings (SSSR count). The van der Waals surface area contributed by atoms with E-state index in [1.807, 2.05) is 0 Å². The quantitative estimate of drug-likeness (QED) is 0.342. The molecule has 1 heterocycles. The van der Waals surface area contributed by atoms with Gasteiger partial charge in [0.2, 0.25) is 15.9 Å². The summed E-state index contributed by atoms with van der Waals surface area (Å²) in [5.74, 6) is -0.287. The van der Waals surface area contributed by atoms with Gasteiger partial charge in [0.25, 0.3) is 0 Å². The van der Waals surface area contributed by atoms with Gasteiger partial charge in [-0.3, -0.25) is 4.79 Å². The maximum Gasteiger partial charge on any atom is 0.337 e. The minimum Gasteiger partial charge on any atom is -0.493 e. The SMILES string of the molecule is COC(=O)c1ccc(/C=N\NC(=O)C2CCN(S(=O)(=O)c3ccc(OC)c(OC)c3)CC2)cc1. The number of carbonyl (C=O) groups excluding carboxylic acids is 2. The summed E-state index contributed by atoms with van der Waals surface area (Å²) >= 11 is 0. The van der Waals surface area contributed by atoms with Gasteiger partial charge < -0.3 is 14.2 Å². The molecule has 0 spiro atoms. The summed E-state index contributed by atoms with van der Waals surface area (Å²) in [4.78, 5) is 24.0. The van der Waals surface area contributed by atoms with Crippen LogP contribution in [0.4, 0.5) is 0 Å². The lowest BCUT2D eigenvalue weighted by Crippen LogP contribution is -2.42. The van der Waals surface area contributed by atoms with Gasteiger partial charge in [-0.15, -0.1) is 0 Å². The molecule has 0 bridgehead atoms. The first-order valence-corrected chi connectivity index (χ1v) is 12.0. The van der Waals surface area contributed by atoms with Crippen LogP contribution in [0.25, 0.3) is 0 Å². The monoisotopic (exact) mass is 489 g/mol. The highest BCUT2D eigenvalue weighted by Gasteiger charge is 2.32. The number of nitrogens with zero attached hydrogens (tertiary/aromatic N) is 2. The van der Waals surface area contributed by atoms with Crippen LogP contribution in [0.3, 0.4) is 0 Å². The van der Waals surface area contributed by atoms with Crippen molar-refractivity contribution in [3.8, 4) is 11.5 Å². The number of hydrogen-bond donors (Lipinski definition) is 1. The van der Waals surface area contributed by atoms with Crippen LogP contribution < -0.4 is 14.9 Å². The zero-order valence-corrected chi connectivity index (χ0v) is 20.0. The van der Waals surface area contributed by atoms with Gasteiger partial charge in [-0.1, -0.05) is 12.1 Å². The van der Waals surface area contributed by atoms with Crippen molar-refractivity contribution in [2.45, 2.75) is 17.7 Å². The Morgan fingerprint density at radius 1 is 1.00 bits per heavy atom. The Labute approximate surface area is 198 Å². The van der Waals surface area contributed by atoms with Crippen LogP contribution in [0.1, 0.15) is 28.8 Å².